The quantitative estimate of drug-likeness (QED) is 0.212. The van der Waals surface area contributed by atoms with E-state index in [0.717, 1.165) is 24.0 Å². The van der Waals surface area contributed by atoms with Crippen LogP contribution in [0.4, 0.5) is 10.3 Å². The minimum atomic E-state index is -3.92. The van der Waals surface area contributed by atoms with Crippen molar-refractivity contribution in [3.8, 4) is 0 Å². The van der Waals surface area contributed by atoms with Gasteiger partial charge in [-0.2, -0.15) is 5.10 Å². The molecule has 0 bridgehead atoms. The van der Waals surface area contributed by atoms with Gasteiger partial charge in [0.1, 0.15) is 12.4 Å². The summed E-state index contributed by atoms with van der Waals surface area (Å²) in [6.07, 6.45) is 4.50. The Hall–Kier alpha value is -3.62. The van der Waals surface area contributed by atoms with Gasteiger partial charge in [0, 0.05) is 51.9 Å². The molecular formula is C28H36FN7O4SSi. The van der Waals surface area contributed by atoms with E-state index < -0.39 is 23.7 Å². The lowest BCUT2D eigenvalue weighted by Crippen LogP contribution is -2.38. The van der Waals surface area contributed by atoms with Gasteiger partial charge in [-0.15, -0.1) is 0 Å². The molecule has 1 saturated heterocycles. The third-order valence-corrected chi connectivity index (χ3v) is 11.1. The van der Waals surface area contributed by atoms with Gasteiger partial charge < -0.3 is 19.5 Å². The van der Waals surface area contributed by atoms with Crippen LogP contribution in [0.3, 0.4) is 0 Å². The van der Waals surface area contributed by atoms with Gasteiger partial charge in [0.15, 0.2) is 5.82 Å². The number of carbonyl (C=O) groups is 1. The SMILES string of the molecule is Cc1c(S(=O)(=O)c2ccc3c(cnn3COCC[Si](C)(C)C)c2)cc(C(=O)N[C@@H]2CCN(c3ncc(F)cn3)C2)n1C. The van der Waals surface area contributed by atoms with E-state index in [1.54, 1.807) is 47.6 Å². The van der Waals surface area contributed by atoms with E-state index in [0.29, 0.717) is 49.9 Å². The third-order valence-electron chi connectivity index (χ3n) is 7.56. The molecule has 1 aliphatic heterocycles. The highest BCUT2D eigenvalue weighted by Crippen LogP contribution is 2.29. The van der Waals surface area contributed by atoms with E-state index in [4.69, 9.17) is 4.74 Å². The molecule has 4 aromatic rings. The molecule has 42 heavy (non-hydrogen) atoms. The fourth-order valence-corrected chi connectivity index (χ4v) is 7.27. The molecule has 4 heterocycles. The normalized spacial score (nSPS) is 16.0. The predicted octanol–water partition coefficient (Wildman–Crippen LogP) is 3.77. The summed E-state index contributed by atoms with van der Waals surface area (Å²) in [6, 6.07) is 7.19. The second kappa shape index (κ2) is 11.6. The average Bonchev–Trinajstić information content (AvgIpc) is 3.64. The minimum Gasteiger partial charge on any atom is -0.360 e. The first-order valence-electron chi connectivity index (χ1n) is 13.8. The van der Waals surface area contributed by atoms with Crippen molar-refractivity contribution in [1.82, 2.24) is 29.6 Å². The number of nitrogens with one attached hydrogen (secondary N) is 1. The Morgan fingerprint density at radius 3 is 2.62 bits per heavy atom. The van der Waals surface area contributed by atoms with Crippen molar-refractivity contribution < 1.29 is 22.3 Å². The number of anilines is 1. The van der Waals surface area contributed by atoms with Crippen molar-refractivity contribution in [3.63, 3.8) is 0 Å². The van der Waals surface area contributed by atoms with Gasteiger partial charge in [-0.1, -0.05) is 19.6 Å². The molecule has 1 aromatic carbocycles. The number of amides is 1. The summed E-state index contributed by atoms with van der Waals surface area (Å²) < 4.78 is 49.8. The van der Waals surface area contributed by atoms with Crippen LogP contribution in [0.25, 0.3) is 10.9 Å². The Morgan fingerprint density at radius 1 is 1.17 bits per heavy atom. The summed E-state index contributed by atoms with van der Waals surface area (Å²) >= 11 is 0. The van der Waals surface area contributed by atoms with Crippen LogP contribution in [0.1, 0.15) is 22.6 Å². The molecule has 0 unspecified atom stereocenters. The lowest BCUT2D eigenvalue weighted by atomic mass is 10.2. The predicted molar refractivity (Wildman–Crippen MR) is 160 cm³/mol. The molecule has 14 heteroatoms. The highest BCUT2D eigenvalue weighted by Gasteiger charge is 2.30. The Kier molecular flexibility index (Phi) is 8.23. The van der Waals surface area contributed by atoms with Gasteiger partial charge in [0.2, 0.25) is 15.8 Å². The summed E-state index contributed by atoms with van der Waals surface area (Å²) in [5.74, 6) is -0.492. The van der Waals surface area contributed by atoms with Crippen LogP contribution in [0.5, 0.6) is 0 Å². The molecule has 224 valence electrons. The highest BCUT2D eigenvalue weighted by atomic mass is 32.2. The van der Waals surface area contributed by atoms with Crippen LogP contribution in [0.2, 0.25) is 25.7 Å². The number of fused-ring (bicyclic) bond motifs is 1. The number of sulfone groups is 1. The highest BCUT2D eigenvalue weighted by molar-refractivity contribution is 7.91. The van der Waals surface area contributed by atoms with Crippen LogP contribution in [-0.2, 0) is 28.4 Å². The number of ether oxygens (including phenoxy) is 1. The van der Waals surface area contributed by atoms with E-state index in [9.17, 15) is 17.6 Å². The van der Waals surface area contributed by atoms with Crippen LogP contribution < -0.4 is 10.2 Å². The van der Waals surface area contributed by atoms with Gasteiger partial charge in [0.05, 0.1) is 33.9 Å². The molecule has 0 aliphatic carbocycles. The molecule has 0 saturated carbocycles. The largest absolute Gasteiger partial charge is 0.360 e. The number of halogens is 1. The van der Waals surface area contributed by atoms with E-state index >= 15 is 0 Å². The van der Waals surface area contributed by atoms with Crippen LogP contribution in [0, 0.1) is 12.7 Å². The second-order valence-corrected chi connectivity index (χ2v) is 19.4. The van der Waals surface area contributed by atoms with E-state index in [1.165, 1.54) is 6.07 Å². The van der Waals surface area contributed by atoms with E-state index in [-0.39, 0.29) is 27.4 Å². The summed E-state index contributed by atoms with van der Waals surface area (Å²) in [7, 11) is -3.45. The molecule has 0 radical (unpaired) electrons. The van der Waals surface area contributed by atoms with Crippen molar-refractivity contribution in [2.24, 2.45) is 7.05 Å². The van der Waals surface area contributed by atoms with Gasteiger partial charge in [0.25, 0.3) is 5.91 Å². The monoisotopic (exact) mass is 613 g/mol. The lowest BCUT2D eigenvalue weighted by Gasteiger charge is -2.16. The molecule has 1 fully saturated rings. The molecule has 5 rings (SSSR count). The number of rotatable bonds is 10. The van der Waals surface area contributed by atoms with Crippen LogP contribution >= 0.6 is 0 Å². The van der Waals surface area contributed by atoms with E-state index in [2.05, 4.69) is 40.0 Å². The van der Waals surface area contributed by atoms with E-state index in [1.807, 2.05) is 4.90 Å². The summed E-state index contributed by atoms with van der Waals surface area (Å²) in [5, 5.41) is 8.06. The Balaban J connectivity index is 1.29. The Labute approximate surface area is 245 Å². The van der Waals surface area contributed by atoms with Crippen LogP contribution in [-0.4, -0.2) is 72.5 Å². The number of benzene rings is 1. The maximum absolute atomic E-state index is 13.7. The van der Waals surface area contributed by atoms with Crippen LogP contribution in [0.15, 0.2) is 52.6 Å². The first-order chi connectivity index (χ1) is 19.8. The maximum Gasteiger partial charge on any atom is 0.268 e. The maximum atomic E-state index is 13.7. The lowest BCUT2D eigenvalue weighted by molar-refractivity contribution is 0.0817. The molecule has 1 atom stereocenters. The average molecular weight is 614 g/mol. The summed E-state index contributed by atoms with van der Waals surface area (Å²) in [5.41, 5.74) is 1.48. The fraction of sp³-hybridized carbons (Fsp3) is 0.429. The minimum absolute atomic E-state index is 0.0735. The van der Waals surface area contributed by atoms with Gasteiger partial charge >= 0.3 is 0 Å². The van der Waals surface area contributed by atoms with Crippen molar-refractivity contribution in [2.45, 2.75) is 61.6 Å². The molecule has 11 nitrogen and oxygen atoms in total. The zero-order valence-electron chi connectivity index (χ0n) is 24.5. The van der Waals surface area contributed by atoms with Gasteiger partial charge in [-0.25, -0.2) is 27.5 Å². The number of carbonyl (C=O) groups excluding carboxylic acids is 1. The second-order valence-electron chi connectivity index (χ2n) is 11.9. The zero-order valence-corrected chi connectivity index (χ0v) is 26.3. The standard InChI is InChI=1S/C28H36FN7O4SSi/c1-19-26(13-25(34(19)2)27(37)33-22-8-9-35(17-22)28-30-15-21(29)16-31-28)41(38,39)23-6-7-24-20(12-23)14-32-36(24)18-40-10-11-42(3,4)5/h6-7,12-16,22H,8-11,17-18H2,1-5H3,(H,33,37)/t22-/m1/s1. The number of nitrogens with zero attached hydrogens (tertiary/aromatic N) is 6. The molecule has 1 aliphatic rings. The van der Waals surface area contributed by atoms with Gasteiger partial charge in [-0.3, -0.25) is 4.79 Å². The Morgan fingerprint density at radius 2 is 1.90 bits per heavy atom. The summed E-state index contributed by atoms with van der Waals surface area (Å²) in [6.45, 7) is 10.6. The van der Waals surface area contributed by atoms with Crippen molar-refractivity contribution in [2.75, 3.05) is 24.6 Å². The topological polar surface area (TPSA) is 124 Å². The molecular weight excluding hydrogens is 578 g/mol. The molecule has 0 spiro atoms. The zero-order chi connectivity index (χ0) is 30.2. The van der Waals surface area contributed by atoms with Crippen molar-refractivity contribution >= 4 is 40.7 Å². The molecule has 3 aromatic heterocycles. The first kappa shape index (κ1) is 29.9. The smallest absolute Gasteiger partial charge is 0.268 e. The van der Waals surface area contributed by atoms with Crippen molar-refractivity contribution in [3.05, 3.63) is 60.1 Å². The fourth-order valence-electron chi connectivity index (χ4n) is 4.94. The molecule has 1 N–H and O–H groups in total. The molecule has 1 amide bonds. The number of aromatic nitrogens is 5. The summed E-state index contributed by atoms with van der Waals surface area (Å²) in [4.78, 5) is 23.3. The number of hydrogen-bond acceptors (Lipinski definition) is 8. The van der Waals surface area contributed by atoms with Gasteiger partial charge in [-0.05, 0) is 43.7 Å². The number of hydrogen-bond donors (Lipinski definition) is 1. The Bertz CT molecular complexity index is 1710. The van der Waals surface area contributed by atoms with Crippen molar-refractivity contribution in [1.29, 1.82) is 0 Å². The third kappa shape index (κ3) is 6.25. The first-order valence-corrected chi connectivity index (χ1v) is 19.0.